The van der Waals surface area contributed by atoms with E-state index in [0.29, 0.717) is 48.5 Å². The van der Waals surface area contributed by atoms with E-state index in [1.807, 2.05) is 6.07 Å². The molecule has 0 unspecified atom stereocenters. The van der Waals surface area contributed by atoms with Gasteiger partial charge in [0.05, 0.1) is 20.3 Å². The van der Waals surface area contributed by atoms with Gasteiger partial charge < -0.3 is 34.0 Å². The van der Waals surface area contributed by atoms with Gasteiger partial charge in [-0.1, -0.05) is 30.3 Å². The van der Waals surface area contributed by atoms with Crippen LogP contribution in [0.4, 0.5) is 0 Å². The summed E-state index contributed by atoms with van der Waals surface area (Å²) in [6, 6.07) is 18.0. The van der Waals surface area contributed by atoms with Gasteiger partial charge in [-0.05, 0) is 24.3 Å². The number of nitrogens with one attached hydrogen (secondary N) is 1. The highest BCUT2D eigenvalue weighted by Gasteiger charge is 2.31. The van der Waals surface area contributed by atoms with Gasteiger partial charge in [0.15, 0.2) is 5.43 Å². The number of amides is 1. The molecule has 1 saturated heterocycles. The summed E-state index contributed by atoms with van der Waals surface area (Å²) in [6.45, 7) is 1.53. The summed E-state index contributed by atoms with van der Waals surface area (Å²) in [5.41, 5.74) is 0.254. The van der Waals surface area contributed by atoms with Crippen molar-refractivity contribution in [1.29, 1.82) is 0 Å². The number of aromatic hydroxyl groups is 2. The van der Waals surface area contributed by atoms with Gasteiger partial charge >= 0.3 is 0 Å². The van der Waals surface area contributed by atoms with Crippen molar-refractivity contribution in [3.05, 3.63) is 98.4 Å². The van der Waals surface area contributed by atoms with E-state index in [9.17, 15) is 24.6 Å². The largest absolute Gasteiger partial charge is 0.507 e. The zero-order valence-electron chi connectivity index (χ0n) is 22.8. The van der Waals surface area contributed by atoms with E-state index in [4.69, 9.17) is 13.9 Å². The number of phenolic OH excluding ortho intramolecular Hbond substituents is 2. The van der Waals surface area contributed by atoms with Crippen molar-refractivity contribution >= 4 is 27.8 Å². The number of rotatable bonds is 6. The van der Waals surface area contributed by atoms with Crippen molar-refractivity contribution in [1.82, 2.24) is 9.88 Å². The highest BCUT2D eigenvalue weighted by molar-refractivity contribution is 5.91. The van der Waals surface area contributed by atoms with Crippen LogP contribution >= 0.6 is 0 Å². The van der Waals surface area contributed by atoms with Crippen LogP contribution < -0.4 is 15.7 Å². The summed E-state index contributed by atoms with van der Waals surface area (Å²) in [5.74, 6) is -1.44. The second kappa shape index (κ2) is 11.1. The number of morpholine rings is 1. The lowest BCUT2D eigenvalue weighted by Gasteiger charge is -2.29. The molecule has 1 atom stereocenters. The standard InChI is InChI=1S/C32H28N2O8/c1-40-20-7-8-23-19(13-20)14-22(32(39)33-23)21(15-28(38)34-9-11-41-12-10-34)29-24(35)16-25(36)30-26(37)17-27(42-31(29)30)18-5-3-2-4-6-18/h2-8,13-14,16-17,21,35-36H,9-12,15H2,1H3,(H,33,39)/t21-/m1/s1. The Hall–Kier alpha value is -5.09. The average molecular weight is 569 g/mol. The van der Waals surface area contributed by atoms with E-state index in [0.717, 1.165) is 6.07 Å². The third-order valence-electron chi connectivity index (χ3n) is 7.60. The number of fused-ring (bicyclic) bond motifs is 2. The fourth-order valence-electron chi connectivity index (χ4n) is 5.47. The number of H-pyrrole nitrogens is 1. The van der Waals surface area contributed by atoms with Crippen LogP contribution in [0.25, 0.3) is 33.2 Å². The molecule has 2 aromatic heterocycles. The first-order valence-corrected chi connectivity index (χ1v) is 13.5. The molecule has 0 bridgehead atoms. The number of ether oxygens (including phenoxy) is 2. The second-order valence-corrected chi connectivity index (χ2v) is 10.1. The molecule has 6 rings (SSSR count). The lowest BCUT2D eigenvalue weighted by atomic mass is 9.86. The molecule has 10 nitrogen and oxygen atoms in total. The Balaban J connectivity index is 1.62. The number of pyridine rings is 1. The smallest absolute Gasteiger partial charge is 0.252 e. The molecule has 42 heavy (non-hydrogen) atoms. The number of benzene rings is 3. The predicted molar refractivity (Wildman–Crippen MR) is 156 cm³/mol. The van der Waals surface area contributed by atoms with E-state index in [-0.39, 0.29) is 40.2 Å². The van der Waals surface area contributed by atoms with Crippen LogP contribution in [0.1, 0.15) is 23.5 Å². The number of nitrogens with zero attached hydrogens (tertiary/aromatic N) is 1. The lowest BCUT2D eigenvalue weighted by Crippen LogP contribution is -2.41. The van der Waals surface area contributed by atoms with Gasteiger partial charge in [-0.15, -0.1) is 0 Å². The van der Waals surface area contributed by atoms with Crippen molar-refractivity contribution in [3.63, 3.8) is 0 Å². The van der Waals surface area contributed by atoms with Crippen LogP contribution in [0, 0.1) is 0 Å². The zero-order valence-corrected chi connectivity index (χ0v) is 22.8. The first-order chi connectivity index (χ1) is 20.3. The van der Waals surface area contributed by atoms with Crippen molar-refractivity contribution in [2.75, 3.05) is 33.4 Å². The first-order valence-electron chi connectivity index (χ1n) is 13.5. The minimum Gasteiger partial charge on any atom is -0.507 e. The second-order valence-electron chi connectivity index (χ2n) is 10.1. The van der Waals surface area contributed by atoms with Gasteiger partial charge in [0.25, 0.3) is 5.56 Å². The highest BCUT2D eigenvalue weighted by Crippen LogP contribution is 2.42. The minimum absolute atomic E-state index is 0.0482. The maximum atomic E-state index is 13.6. The van der Waals surface area contributed by atoms with Crippen LogP contribution in [-0.4, -0.2) is 59.4 Å². The summed E-state index contributed by atoms with van der Waals surface area (Å²) in [4.78, 5) is 45.0. The average Bonchev–Trinajstić information content (AvgIpc) is 3.00. The number of carbonyl (C=O) groups excluding carboxylic acids is 1. The summed E-state index contributed by atoms with van der Waals surface area (Å²) >= 11 is 0. The summed E-state index contributed by atoms with van der Waals surface area (Å²) in [6.07, 6.45) is -0.217. The van der Waals surface area contributed by atoms with Gasteiger partial charge in [0, 0.05) is 65.2 Å². The Morgan fingerprint density at radius 1 is 1.00 bits per heavy atom. The van der Waals surface area contributed by atoms with Crippen molar-refractivity contribution in [2.24, 2.45) is 0 Å². The first kappa shape index (κ1) is 27.1. The molecule has 1 aliphatic rings. The third-order valence-corrected chi connectivity index (χ3v) is 7.60. The Morgan fingerprint density at radius 3 is 2.50 bits per heavy atom. The predicted octanol–water partition coefficient (Wildman–Crippen LogP) is 4.10. The molecule has 1 amide bonds. The van der Waals surface area contributed by atoms with Gasteiger partial charge in [-0.2, -0.15) is 0 Å². The maximum absolute atomic E-state index is 13.6. The fourth-order valence-corrected chi connectivity index (χ4v) is 5.47. The zero-order chi connectivity index (χ0) is 29.4. The van der Waals surface area contributed by atoms with E-state index in [1.165, 1.54) is 13.2 Å². The summed E-state index contributed by atoms with van der Waals surface area (Å²) in [7, 11) is 1.53. The van der Waals surface area contributed by atoms with Crippen LogP contribution in [0.3, 0.4) is 0 Å². The van der Waals surface area contributed by atoms with Crippen LogP contribution in [0.5, 0.6) is 17.2 Å². The Morgan fingerprint density at radius 2 is 1.76 bits per heavy atom. The normalized spacial score (nSPS) is 14.3. The Labute approximate surface area is 239 Å². The molecule has 3 N–H and O–H groups in total. The molecule has 5 aromatic rings. The molecular formula is C32H28N2O8. The fraction of sp³-hybridized carbons (Fsp3) is 0.219. The maximum Gasteiger partial charge on any atom is 0.252 e. The van der Waals surface area contributed by atoms with E-state index in [1.54, 1.807) is 53.4 Å². The molecule has 1 fully saturated rings. The van der Waals surface area contributed by atoms with Crippen LogP contribution in [-0.2, 0) is 9.53 Å². The number of aromatic nitrogens is 1. The summed E-state index contributed by atoms with van der Waals surface area (Å²) in [5, 5.41) is 22.5. The molecule has 3 aromatic carbocycles. The molecule has 0 spiro atoms. The molecule has 1 aliphatic heterocycles. The quantitative estimate of drug-likeness (QED) is 0.278. The number of aromatic amines is 1. The number of phenols is 2. The lowest BCUT2D eigenvalue weighted by molar-refractivity contribution is -0.135. The third kappa shape index (κ3) is 4.97. The molecular weight excluding hydrogens is 540 g/mol. The Bertz CT molecular complexity index is 1920. The van der Waals surface area contributed by atoms with Crippen molar-refractivity contribution < 1.29 is 28.9 Å². The van der Waals surface area contributed by atoms with Gasteiger partial charge in [0.1, 0.15) is 34.0 Å². The SMILES string of the molecule is COc1ccc2[nH]c(=O)c([C@@H](CC(=O)N3CCOCC3)c3c(O)cc(O)c4c(=O)cc(-c5ccccc5)oc34)cc2c1. The number of methoxy groups -OCH3 is 1. The van der Waals surface area contributed by atoms with Crippen molar-refractivity contribution in [2.45, 2.75) is 12.3 Å². The number of hydrogen-bond donors (Lipinski definition) is 3. The minimum atomic E-state index is -1.04. The van der Waals surface area contributed by atoms with E-state index < -0.39 is 28.4 Å². The van der Waals surface area contributed by atoms with Crippen molar-refractivity contribution in [3.8, 4) is 28.6 Å². The molecule has 0 radical (unpaired) electrons. The highest BCUT2D eigenvalue weighted by atomic mass is 16.5. The van der Waals surface area contributed by atoms with Gasteiger partial charge in [-0.3, -0.25) is 14.4 Å². The topological polar surface area (TPSA) is 142 Å². The van der Waals surface area contributed by atoms with E-state index in [2.05, 4.69) is 4.98 Å². The van der Waals surface area contributed by atoms with Gasteiger partial charge in [-0.25, -0.2) is 0 Å². The molecule has 10 heteroatoms. The summed E-state index contributed by atoms with van der Waals surface area (Å²) < 4.78 is 17.0. The molecule has 0 saturated carbocycles. The molecule has 0 aliphatic carbocycles. The van der Waals surface area contributed by atoms with Crippen LogP contribution in [0.2, 0.25) is 0 Å². The molecule has 3 heterocycles. The number of hydrogen-bond acceptors (Lipinski definition) is 8. The molecule has 214 valence electrons. The Kier molecular flexibility index (Phi) is 7.13. The van der Waals surface area contributed by atoms with Crippen LogP contribution in [0.15, 0.2) is 80.7 Å². The van der Waals surface area contributed by atoms with E-state index >= 15 is 0 Å². The monoisotopic (exact) mass is 568 g/mol. The number of carbonyl (C=O) groups is 1. The van der Waals surface area contributed by atoms with Gasteiger partial charge in [0.2, 0.25) is 5.91 Å².